The molecule has 0 radical (unpaired) electrons. The average Bonchev–Trinajstić information content (AvgIpc) is 3.09. The minimum absolute atomic E-state index is 0.0463. The first kappa shape index (κ1) is 20.5. The molecule has 0 spiro atoms. The van der Waals surface area contributed by atoms with Gasteiger partial charge in [-0.15, -0.1) is 0 Å². The second-order valence-electron chi connectivity index (χ2n) is 9.33. The molecule has 2 atom stereocenters. The molecule has 3 aliphatic rings. The van der Waals surface area contributed by atoms with Gasteiger partial charge in [-0.25, -0.2) is 4.79 Å². The second-order valence-corrected chi connectivity index (χ2v) is 9.33. The van der Waals surface area contributed by atoms with Crippen molar-refractivity contribution >= 4 is 6.09 Å². The number of benzene rings is 2. The number of carbonyl (C=O) groups excluding carboxylic acids is 1. The van der Waals surface area contributed by atoms with Crippen molar-refractivity contribution in [3.63, 3.8) is 0 Å². The van der Waals surface area contributed by atoms with Crippen LogP contribution in [0.15, 0.2) is 48.5 Å². The van der Waals surface area contributed by atoms with Gasteiger partial charge in [0.15, 0.2) is 0 Å². The Morgan fingerprint density at radius 1 is 1.03 bits per heavy atom. The Balaban J connectivity index is 1.30. The quantitative estimate of drug-likeness (QED) is 0.759. The first-order chi connectivity index (χ1) is 15.1. The maximum absolute atomic E-state index is 13.2. The van der Waals surface area contributed by atoms with Crippen LogP contribution in [0.1, 0.15) is 55.6 Å². The molecule has 2 heterocycles. The lowest BCUT2D eigenvalue weighted by atomic mass is 9.74. The zero-order chi connectivity index (χ0) is 21.4. The summed E-state index contributed by atoms with van der Waals surface area (Å²) in [6.07, 6.45) is 4.56. The molecule has 1 aliphatic carbocycles. The van der Waals surface area contributed by atoms with Crippen LogP contribution in [0.25, 0.3) is 11.1 Å². The first-order valence-corrected chi connectivity index (χ1v) is 11.4. The van der Waals surface area contributed by atoms with Crippen molar-refractivity contribution in [3.8, 4) is 11.1 Å². The Labute approximate surface area is 184 Å². The van der Waals surface area contributed by atoms with Crippen molar-refractivity contribution in [2.24, 2.45) is 0 Å². The third-order valence-electron chi connectivity index (χ3n) is 7.41. The van der Waals surface area contributed by atoms with E-state index in [4.69, 9.17) is 9.47 Å². The zero-order valence-electron chi connectivity index (χ0n) is 18.1. The number of hydrogen-bond donors (Lipinski definition) is 1. The zero-order valence-corrected chi connectivity index (χ0v) is 18.1. The van der Waals surface area contributed by atoms with E-state index in [9.17, 15) is 9.90 Å². The van der Waals surface area contributed by atoms with Crippen LogP contribution in [0.2, 0.25) is 0 Å². The van der Waals surface area contributed by atoms with Crippen LogP contribution in [0.3, 0.4) is 0 Å². The number of aliphatic hydroxyl groups is 1. The highest BCUT2D eigenvalue weighted by atomic mass is 16.6. The number of ether oxygens (including phenoxy) is 2. The smallest absolute Gasteiger partial charge is 0.410 e. The minimum Gasteiger partial charge on any atom is -0.448 e. The summed E-state index contributed by atoms with van der Waals surface area (Å²) in [4.78, 5) is 15.1. The maximum atomic E-state index is 13.2. The van der Waals surface area contributed by atoms with Gasteiger partial charge < -0.3 is 19.5 Å². The molecule has 5 nitrogen and oxygen atoms in total. The van der Waals surface area contributed by atoms with E-state index in [0.29, 0.717) is 32.5 Å². The molecule has 1 amide bonds. The van der Waals surface area contributed by atoms with Crippen LogP contribution < -0.4 is 0 Å². The maximum Gasteiger partial charge on any atom is 0.410 e. The van der Waals surface area contributed by atoms with Crippen molar-refractivity contribution < 1.29 is 19.4 Å². The van der Waals surface area contributed by atoms with Crippen LogP contribution in [0.4, 0.5) is 4.79 Å². The van der Waals surface area contributed by atoms with Crippen LogP contribution >= 0.6 is 0 Å². The third-order valence-corrected chi connectivity index (χ3v) is 7.41. The molecule has 2 bridgehead atoms. The van der Waals surface area contributed by atoms with E-state index in [-0.39, 0.29) is 24.1 Å². The summed E-state index contributed by atoms with van der Waals surface area (Å²) >= 11 is 0. The summed E-state index contributed by atoms with van der Waals surface area (Å²) in [5, 5.41) is 11.1. The summed E-state index contributed by atoms with van der Waals surface area (Å²) in [7, 11) is 1.66. The molecular formula is C26H31NO4. The molecule has 0 aromatic heterocycles. The molecule has 0 saturated carbocycles. The molecule has 2 aromatic carbocycles. The Morgan fingerprint density at radius 2 is 1.61 bits per heavy atom. The minimum atomic E-state index is -0.744. The highest BCUT2D eigenvalue weighted by Gasteiger charge is 2.47. The predicted molar refractivity (Wildman–Crippen MR) is 119 cm³/mol. The molecule has 164 valence electrons. The van der Waals surface area contributed by atoms with E-state index in [0.717, 1.165) is 19.3 Å². The van der Waals surface area contributed by atoms with E-state index < -0.39 is 5.60 Å². The number of fused-ring (bicyclic) bond motifs is 5. The lowest BCUT2D eigenvalue weighted by molar-refractivity contribution is -0.0953. The van der Waals surface area contributed by atoms with E-state index >= 15 is 0 Å². The normalized spacial score (nSPS) is 27.0. The highest BCUT2D eigenvalue weighted by molar-refractivity contribution is 5.79. The molecular weight excluding hydrogens is 390 g/mol. The SMILES string of the molecule is COCCC1(O)CC2CCCC(C1)N2C(=O)OCC1c2ccccc2-c2ccccc21. The van der Waals surface area contributed by atoms with Crippen LogP contribution in [0, 0.1) is 0 Å². The summed E-state index contributed by atoms with van der Waals surface area (Å²) in [5.41, 5.74) is 4.18. The van der Waals surface area contributed by atoms with Crippen molar-refractivity contribution in [1.29, 1.82) is 0 Å². The number of nitrogens with zero attached hydrogens (tertiary/aromatic N) is 1. The Bertz CT molecular complexity index is 898. The molecule has 5 heteroatoms. The average molecular weight is 422 g/mol. The summed E-state index contributed by atoms with van der Waals surface area (Å²) in [5.74, 6) is 0.0691. The van der Waals surface area contributed by atoms with Crippen molar-refractivity contribution in [1.82, 2.24) is 4.90 Å². The van der Waals surface area contributed by atoms with E-state index in [1.807, 2.05) is 4.90 Å². The molecule has 2 saturated heterocycles. The number of rotatable bonds is 5. The Kier molecular flexibility index (Phi) is 5.49. The molecule has 31 heavy (non-hydrogen) atoms. The van der Waals surface area contributed by atoms with Gasteiger partial charge in [0.2, 0.25) is 0 Å². The van der Waals surface area contributed by atoms with Crippen molar-refractivity contribution in [2.45, 2.75) is 62.1 Å². The number of methoxy groups -OCH3 is 1. The van der Waals surface area contributed by atoms with E-state index in [1.165, 1.54) is 22.3 Å². The molecule has 5 rings (SSSR count). The van der Waals surface area contributed by atoms with Gasteiger partial charge in [-0.3, -0.25) is 0 Å². The standard InChI is InChI=1S/C26H31NO4/c1-30-14-13-26(29)15-18-7-6-8-19(16-26)27(18)25(28)31-17-24-22-11-4-2-9-20(22)21-10-3-5-12-23(21)24/h2-5,9-12,18-19,24,29H,6-8,13-17H2,1H3. The van der Waals surface area contributed by atoms with Gasteiger partial charge in [0.25, 0.3) is 0 Å². The summed E-state index contributed by atoms with van der Waals surface area (Å²) < 4.78 is 11.1. The highest BCUT2D eigenvalue weighted by Crippen LogP contribution is 2.45. The molecule has 2 fully saturated rings. The van der Waals surface area contributed by atoms with E-state index in [2.05, 4.69) is 48.5 Å². The Morgan fingerprint density at radius 3 is 2.19 bits per heavy atom. The lowest BCUT2D eigenvalue weighted by Gasteiger charge is -2.51. The van der Waals surface area contributed by atoms with Gasteiger partial charge in [0.05, 0.1) is 5.60 Å². The fourth-order valence-corrected chi connectivity index (χ4v) is 5.99. The predicted octanol–water partition coefficient (Wildman–Crippen LogP) is 4.72. The largest absolute Gasteiger partial charge is 0.448 e. The molecule has 2 aliphatic heterocycles. The number of hydrogen-bond acceptors (Lipinski definition) is 4. The van der Waals surface area contributed by atoms with Gasteiger partial charge in [-0.1, -0.05) is 48.5 Å². The van der Waals surface area contributed by atoms with Gasteiger partial charge in [0, 0.05) is 31.7 Å². The first-order valence-electron chi connectivity index (χ1n) is 11.4. The topological polar surface area (TPSA) is 59.0 Å². The van der Waals surface area contributed by atoms with E-state index in [1.54, 1.807) is 7.11 Å². The number of carbonyl (C=O) groups is 1. The second kappa shape index (κ2) is 8.29. The van der Waals surface area contributed by atoms with Gasteiger partial charge in [-0.2, -0.15) is 0 Å². The monoisotopic (exact) mass is 421 g/mol. The summed E-state index contributed by atoms with van der Waals surface area (Å²) in [6, 6.07) is 16.9. The van der Waals surface area contributed by atoms with Gasteiger partial charge in [-0.05, 0) is 60.8 Å². The van der Waals surface area contributed by atoms with Crippen LogP contribution in [0.5, 0.6) is 0 Å². The van der Waals surface area contributed by atoms with Gasteiger partial charge in [0.1, 0.15) is 6.61 Å². The molecule has 2 unspecified atom stereocenters. The third kappa shape index (κ3) is 3.74. The lowest BCUT2D eigenvalue weighted by Crippen LogP contribution is -2.60. The fraction of sp³-hybridized carbons (Fsp3) is 0.500. The fourth-order valence-electron chi connectivity index (χ4n) is 5.99. The number of piperidine rings is 2. The van der Waals surface area contributed by atoms with Gasteiger partial charge >= 0.3 is 6.09 Å². The van der Waals surface area contributed by atoms with Crippen molar-refractivity contribution in [3.05, 3.63) is 59.7 Å². The molecule has 1 N–H and O–H groups in total. The Hall–Kier alpha value is -2.37. The molecule has 2 aromatic rings. The van der Waals surface area contributed by atoms with Crippen molar-refractivity contribution in [2.75, 3.05) is 20.3 Å². The summed E-state index contributed by atoms with van der Waals surface area (Å²) in [6.45, 7) is 0.887. The number of amides is 1. The van der Waals surface area contributed by atoms with Crippen LogP contribution in [-0.4, -0.2) is 54.1 Å². The van der Waals surface area contributed by atoms with Crippen LogP contribution in [-0.2, 0) is 9.47 Å².